The summed E-state index contributed by atoms with van der Waals surface area (Å²) in [6, 6.07) is 7.69. The lowest BCUT2D eigenvalue weighted by atomic mass is 10.0. The average molecular weight is 361 g/mol. The first kappa shape index (κ1) is 16.6. The minimum absolute atomic E-state index is 0.0663. The third-order valence-electron chi connectivity index (χ3n) is 5.63. The van der Waals surface area contributed by atoms with Gasteiger partial charge in [0.05, 0.1) is 17.5 Å². The molecule has 0 N–H and O–H groups in total. The van der Waals surface area contributed by atoms with Crippen LogP contribution in [0.1, 0.15) is 16.1 Å². The molecule has 25 heavy (non-hydrogen) atoms. The molecule has 0 aliphatic carbocycles. The van der Waals surface area contributed by atoms with E-state index >= 15 is 0 Å². The number of hydrogen-bond donors (Lipinski definition) is 0. The largest absolute Gasteiger partial charge is 0.340 e. The molecule has 2 aliphatic heterocycles. The number of piperazine rings is 1. The number of benzene rings is 1. The number of amides is 1. The highest BCUT2D eigenvalue weighted by Gasteiger charge is 2.47. The first-order valence-corrected chi connectivity index (χ1v) is 10.4. The van der Waals surface area contributed by atoms with E-state index in [1.165, 1.54) is 0 Å². The normalized spacial score (nSPS) is 26.1. The summed E-state index contributed by atoms with van der Waals surface area (Å²) >= 11 is 0. The van der Waals surface area contributed by atoms with E-state index in [4.69, 9.17) is 0 Å². The van der Waals surface area contributed by atoms with E-state index in [0.717, 1.165) is 16.5 Å². The van der Waals surface area contributed by atoms with Crippen LogP contribution in [0.2, 0.25) is 0 Å². The standard InChI is InChI=1S/C18H23N3O3S/c1-12-4-5-14-13(8-12)9-15(20(14)3)18(22)21-7-6-19(2)16-10-25(23,24)11-17(16)21/h4-5,8-9,16-17H,6-7,10-11H2,1-3H3/t16-,17+/m1/s1. The quantitative estimate of drug-likeness (QED) is 0.761. The average Bonchev–Trinajstić information content (AvgIpc) is 3.04. The summed E-state index contributed by atoms with van der Waals surface area (Å²) in [4.78, 5) is 17.1. The number of aryl methyl sites for hydroxylation is 2. The molecule has 0 saturated carbocycles. The fraction of sp³-hybridized carbons (Fsp3) is 0.500. The smallest absolute Gasteiger partial charge is 0.270 e. The van der Waals surface area contributed by atoms with Gasteiger partial charge in [0.25, 0.3) is 5.91 Å². The molecule has 0 spiro atoms. The lowest BCUT2D eigenvalue weighted by Gasteiger charge is -2.42. The van der Waals surface area contributed by atoms with E-state index in [1.54, 1.807) is 4.90 Å². The van der Waals surface area contributed by atoms with Crippen molar-refractivity contribution in [2.24, 2.45) is 7.05 Å². The Balaban J connectivity index is 1.72. The second-order valence-corrected chi connectivity index (χ2v) is 9.50. The van der Waals surface area contributed by atoms with Gasteiger partial charge in [-0.15, -0.1) is 0 Å². The highest BCUT2D eigenvalue weighted by molar-refractivity contribution is 7.91. The molecule has 1 aromatic heterocycles. The Morgan fingerprint density at radius 2 is 1.80 bits per heavy atom. The van der Waals surface area contributed by atoms with Crippen molar-refractivity contribution in [1.29, 1.82) is 0 Å². The maximum absolute atomic E-state index is 13.2. The number of nitrogens with zero attached hydrogens (tertiary/aromatic N) is 3. The summed E-state index contributed by atoms with van der Waals surface area (Å²) in [5, 5.41) is 1.04. The SMILES string of the molecule is Cc1ccc2c(c1)cc(C(=O)N1CCN(C)[C@@H]3CS(=O)(=O)C[C@@H]31)n2C. The Morgan fingerprint density at radius 3 is 2.56 bits per heavy atom. The number of aromatic nitrogens is 1. The van der Waals surface area contributed by atoms with Gasteiger partial charge in [-0.3, -0.25) is 9.69 Å². The van der Waals surface area contributed by atoms with Crippen LogP contribution >= 0.6 is 0 Å². The highest BCUT2D eigenvalue weighted by atomic mass is 32.2. The van der Waals surface area contributed by atoms with Crippen molar-refractivity contribution in [3.63, 3.8) is 0 Å². The van der Waals surface area contributed by atoms with Gasteiger partial charge in [0.1, 0.15) is 5.69 Å². The molecule has 2 aromatic rings. The number of hydrogen-bond acceptors (Lipinski definition) is 4. The van der Waals surface area contributed by atoms with Crippen LogP contribution in [0.25, 0.3) is 10.9 Å². The molecule has 2 aliphatic rings. The fourth-order valence-electron chi connectivity index (χ4n) is 4.20. The van der Waals surface area contributed by atoms with E-state index in [1.807, 2.05) is 43.8 Å². The van der Waals surface area contributed by atoms with Gasteiger partial charge in [-0.05, 0) is 32.2 Å². The minimum atomic E-state index is -3.09. The first-order valence-electron chi connectivity index (χ1n) is 8.54. The summed E-state index contributed by atoms with van der Waals surface area (Å²) in [6.45, 7) is 3.29. The lowest BCUT2D eigenvalue weighted by Crippen LogP contribution is -2.59. The topological polar surface area (TPSA) is 62.6 Å². The summed E-state index contributed by atoms with van der Waals surface area (Å²) in [5.41, 5.74) is 2.78. The first-order chi connectivity index (χ1) is 11.8. The monoisotopic (exact) mass is 361 g/mol. The van der Waals surface area contributed by atoms with Gasteiger partial charge in [0.2, 0.25) is 0 Å². The van der Waals surface area contributed by atoms with E-state index < -0.39 is 9.84 Å². The van der Waals surface area contributed by atoms with Crippen LogP contribution in [-0.2, 0) is 16.9 Å². The van der Waals surface area contributed by atoms with E-state index in [9.17, 15) is 13.2 Å². The molecule has 2 atom stereocenters. The minimum Gasteiger partial charge on any atom is -0.340 e. The molecule has 1 amide bonds. The van der Waals surface area contributed by atoms with Gasteiger partial charge in [-0.2, -0.15) is 0 Å². The van der Waals surface area contributed by atoms with E-state index in [-0.39, 0.29) is 29.5 Å². The van der Waals surface area contributed by atoms with Crippen LogP contribution in [0.5, 0.6) is 0 Å². The number of likely N-dealkylation sites (N-methyl/N-ethyl adjacent to an activating group) is 1. The molecule has 0 unspecified atom stereocenters. The third kappa shape index (κ3) is 2.66. The Hall–Kier alpha value is -1.86. The third-order valence-corrected chi connectivity index (χ3v) is 7.33. The van der Waals surface area contributed by atoms with Gasteiger partial charge >= 0.3 is 0 Å². The Kier molecular flexibility index (Phi) is 3.70. The van der Waals surface area contributed by atoms with Gasteiger partial charge in [0, 0.05) is 37.1 Å². The predicted octanol–water partition coefficient (Wildman–Crippen LogP) is 1.04. The second kappa shape index (κ2) is 5.57. The fourth-order valence-corrected chi connectivity index (χ4v) is 6.26. The molecule has 1 aromatic carbocycles. The Labute approximate surface area is 147 Å². The van der Waals surface area contributed by atoms with E-state index in [2.05, 4.69) is 11.0 Å². The van der Waals surface area contributed by atoms with Gasteiger partial charge in [0.15, 0.2) is 9.84 Å². The van der Waals surface area contributed by atoms with Crippen LogP contribution in [0.15, 0.2) is 24.3 Å². The molecule has 2 fully saturated rings. The van der Waals surface area contributed by atoms with E-state index in [0.29, 0.717) is 18.8 Å². The predicted molar refractivity (Wildman–Crippen MR) is 97.6 cm³/mol. The number of carbonyl (C=O) groups is 1. The zero-order valence-corrected chi connectivity index (χ0v) is 15.6. The van der Waals surface area contributed by atoms with Crippen molar-refractivity contribution in [2.45, 2.75) is 19.0 Å². The Bertz CT molecular complexity index is 963. The molecule has 4 rings (SSSR count). The summed E-state index contributed by atoms with van der Waals surface area (Å²) < 4.78 is 26.2. The number of fused-ring (bicyclic) bond motifs is 2. The van der Waals surface area contributed by atoms with Gasteiger partial charge in [-0.1, -0.05) is 11.6 Å². The second-order valence-electron chi connectivity index (χ2n) is 7.34. The van der Waals surface area contributed by atoms with Crippen molar-refractivity contribution in [1.82, 2.24) is 14.4 Å². The van der Waals surface area contributed by atoms with Crippen LogP contribution in [-0.4, -0.2) is 72.4 Å². The highest BCUT2D eigenvalue weighted by Crippen LogP contribution is 2.28. The van der Waals surface area contributed by atoms with Crippen molar-refractivity contribution < 1.29 is 13.2 Å². The van der Waals surface area contributed by atoms with Crippen LogP contribution in [0.3, 0.4) is 0 Å². The maximum atomic E-state index is 13.2. The maximum Gasteiger partial charge on any atom is 0.270 e. The lowest BCUT2D eigenvalue weighted by molar-refractivity contribution is 0.0402. The molecular formula is C18H23N3O3S. The molecule has 134 valence electrons. The summed E-state index contributed by atoms with van der Waals surface area (Å²) in [7, 11) is 0.744. The molecule has 0 radical (unpaired) electrons. The van der Waals surface area contributed by atoms with Crippen molar-refractivity contribution >= 4 is 26.6 Å². The molecule has 7 heteroatoms. The molecular weight excluding hydrogens is 338 g/mol. The molecule has 6 nitrogen and oxygen atoms in total. The van der Waals surface area contributed by atoms with Crippen LogP contribution < -0.4 is 0 Å². The number of carbonyl (C=O) groups excluding carboxylic acids is 1. The van der Waals surface area contributed by atoms with Gasteiger partial charge < -0.3 is 9.47 Å². The molecule has 2 saturated heterocycles. The molecule has 3 heterocycles. The zero-order valence-electron chi connectivity index (χ0n) is 14.8. The van der Waals surface area contributed by atoms with Crippen molar-refractivity contribution in [2.75, 3.05) is 31.6 Å². The molecule has 0 bridgehead atoms. The summed E-state index contributed by atoms with van der Waals surface area (Å²) in [6.07, 6.45) is 0. The zero-order chi connectivity index (χ0) is 17.9. The van der Waals surface area contributed by atoms with Gasteiger partial charge in [-0.25, -0.2) is 8.42 Å². The van der Waals surface area contributed by atoms with Crippen molar-refractivity contribution in [3.8, 4) is 0 Å². The Morgan fingerprint density at radius 1 is 1.08 bits per heavy atom. The van der Waals surface area contributed by atoms with Crippen LogP contribution in [0, 0.1) is 6.92 Å². The number of rotatable bonds is 1. The number of sulfone groups is 1. The van der Waals surface area contributed by atoms with Crippen molar-refractivity contribution in [3.05, 3.63) is 35.5 Å². The summed E-state index contributed by atoms with van der Waals surface area (Å²) in [5.74, 6) is 0.139. The van der Waals surface area contributed by atoms with Crippen LogP contribution in [0.4, 0.5) is 0 Å².